The van der Waals surface area contributed by atoms with Gasteiger partial charge in [0.05, 0.1) is 12.8 Å². The average Bonchev–Trinajstić information content (AvgIpc) is 1.97. The molecule has 0 heterocycles. The Hall–Kier alpha value is -1.08. The van der Waals surface area contributed by atoms with Crippen molar-refractivity contribution in [3.8, 4) is 0 Å². The number of Topliss-reactive ketones (excluding diaryl/α,β-unsaturated/α-hetero) is 2. The zero-order valence-electron chi connectivity index (χ0n) is 7.21. The van der Waals surface area contributed by atoms with Crippen molar-refractivity contribution in [2.45, 2.75) is 31.6 Å². The molecule has 0 aromatic carbocycles. The maximum absolute atomic E-state index is 11.6. The van der Waals surface area contributed by atoms with Crippen LogP contribution in [0.2, 0.25) is 0 Å². The Balaban J connectivity index is 4.02. The molecule has 0 fully saturated rings. The van der Waals surface area contributed by atoms with Crippen molar-refractivity contribution < 1.29 is 35.9 Å². The van der Waals surface area contributed by atoms with E-state index in [1.807, 2.05) is 0 Å². The first kappa shape index (κ1) is 13.9. The Morgan fingerprint density at radius 3 is 1.73 bits per heavy atom. The lowest BCUT2D eigenvalue weighted by Gasteiger charge is -2.06. The molecule has 0 aliphatic heterocycles. The lowest BCUT2D eigenvalue weighted by Crippen LogP contribution is -2.25. The van der Waals surface area contributed by atoms with Crippen LogP contribution in [-0.2, 0) is 9.59 Å². The van der Waals surface area contributed by atoms with E-state index < -0.39 is 43.2 Å². The molecule has 0 aliphatic carbocycles. The molecule has 0 radical (unpaired) electrons. The first-order valence-corrected chi connectivity index (χ1v) is 3.71. The van der Waals surface area contributed by atoms with E-state index in [0.29, 0.717) is 0 Å². The van der Waals surface area contributed by atoms with Gasteiger partial charge < -0.3 is 0 Å². The van der Waals surface area contributed by atoms with Gasteiger partial charge in [0.2, 0.25) is 5.78 Å². The fourth-order valence-corrected chi connectivity index (χ4v) is 0.649. The Bertz CT molecular complexity index is 251. The highest BCUT2D eigenvalue weighted by Crippen LogP contribution is 2.23. The van der Waals surface area contributed by atoms with Crippen molar-refractivity contribution in [2.24, 2.45) is 0 Å². The number of alkyl halides is 6. The van der Waals surface area contributed by atoms with Gasteiger partial charge in [0, 0.05) is 6.42 Å². The van der Waals surface area contributed by atoms with Gasteiger partial charge in [-0.25, -0.2) is 0 Å². The number of ketones is 2. The highest BCUT2D eigenvalue weighted by atomic mass is 19.4. The normalized spacial score (nSPS) is 12.7. The van der Waals surface area contributed by atoms with E-state index in [9.17, 15) is 35.9 Å². The van der Waals surface area contributed by atoms with Crippen LogP contribution in [0.25, 0.3) is 0 Å². The maximum atomic E-state index is 11.6. The van der Waals surface area contributed by atoms with E-state index in [2.05, 4.69) is 0 Å². The van der Waals surface area contributed by atoms with Crippen LogP contribution in [0, 0.1) is 0 Å². The molecular formula is C7H6F6O2. The van der Waals surface area contributed by atoms with E-state index in [-0.39, 0.29) is 0 Å². The standard InChI is InChI=1S/C7H6F6O2/c8-6(9,10)2-1-4(14)3-5(15)7(11,12)13/h1-3H2. The predicted octanol–water partition coefficient (Wildman–Crippen LogP) is 2.42. The van der Waals surface area contributed by atoms with Gasteiger partial charge >= 0.3 is 12.4 Å². The Kier molecular flexibility index (Phi) is 4.29. The van der Waals surface area contributed by atoms with Gasteiger partial charge in [0.1, 0.15) is 5.78 Å². The fraction of sp³-hybridized carbons (Fsp3) is 0.714. The molecule has 15 heavy (non-hydrogen) atoms. The number of carbonyl (C=O) groups is 2. The van der Waals surface area contributed by atoms with E-state index in [4.69, 9.17) is 0 Å². The highest BCUT2D eigenvalue weighted by molar-refractivity contribution is 6.01. The van der Waals surface area contributed by atoms with Gasteiger partial charge in [-0.1, -0.05) is 0 Å². The minimum atomic E-state index is -5.17. The second-order valence-electron chi connectivity index (χ2n) is 2.75. The first-order chi connectivity index (χ1) is 6.52. The van der Waals surface area contributed by atoms with Crippen LogP contribution in [0.3, 0.4) is 0 Å². The second kappa shape index (κ2) is 4.63. The van der Waals surface area contributed by atoms with E-state index in [0.717, 1.165) is 0 Å². The van der Waals surface area contributed by atoms with Crippen LogP contribution in [-0.4, -0.2) is 23.9 Å². The minimum absolute atomic E-state index is 1.11. The molecule has 0 aromatic heterocycles. The molecule has 8 heteroatoms. The lowest BCUT2D eigenvalue weighted by atomic mass is 10.1. The molecule has 2 nitrogen and oxygen atoms in total. The minimum Gasteiger partial charge on any atom is -0.299 e. The summed E-state index contributed by atoms with van der Waals surface area (Å²) in [7, 11) is 0. The number of rotatable bonds is 4. The van der Waals surface area contributed by atoms with Gasteiger partial charge in [-0.15, -0.1) is 0 Å². The van der Waals surface area contributed by atoms with Gasteiger partial charge in [-0.05, 0) is 0 Å². The van der Waals surface area contributed by atoms with Crippen LogP contribution in [0.15, 0.2) is 0 Å². The lowest BCUT2D eigenvalue weighted by molar-refractivity contribution is -0.172. The van der Waals surface area contributed by atoms with Crippen LogP contribution in [0.4, 0.5) is 26.3 Å². The molecule has 0 spiro atoms. The predicted molar refractivity (Wildman–Crippen MR) is 36.0 cm³/mol. The third-order valence-corrected chi connectivity index (χ3v) is 1.36. The van der Waals surface area contributed by atoms with Crippen molar-refractivity contribution in [3.05, 3.63) is 0 Å². The maximum Gasteiger partial charge on any atom is 0.450 e. The van der Waals surface area contributed by atoms with Crippen LogP contribution in [0.1, 0.15) is 19.3 Å². The molecule has 0 saturated heterocycles. The average molecular weight is 236 g/mol. The zero-order chi connectivity index (χ0) is 12.3. The topological polar surface area (TPSA) is 34.1 Å². The SMILES string of the molecule is O=C(CCC(F)(F)F)CC(=O)C(F)(F)F. The quantitative estimate of drug-likeness (QED) is 0.554. The molecule has 0 amide bonds. The third kappa shape index (κ3) is 6.92. The summed E-state index contributed by atoms with van der Waals surface area (Å²) in [6.07, 6.45) is -13.9. The van der Waals surface area contributed by atoms with Crippen molar-refractivity contribution in [1.29, 1.82) is 0 Å². The smallest absolute Gasteiger partial charge is 0.299 e. The van der Waals surface area contributed by atoms with Crippen molar-refractivity contribution >= 4 is 11.6 Å². The number of carbonyl (C=O) groups excluding carboxylic acids is 2. The number of hydrogen-bond donors (Lipinski definition) is 0. The number of halogens is 6. The molecule has 0 rings (SSSR count). The summed E-state index contributed by atoms with van der Waals surface area (Å²) in [6.45, 7) is 0. The van der Waals surface area contributed by atoms with Gasteiger partial charge in [-0.3, -0.25) is 9.59 Å². The zero-order valence-corrected chi connectivity index (χ0v) is 7.21. The molecule has 0 unspecified atom stereocenters. The van der Waals surface area contributed by atoms with E-state index in [1.165, 1.54) is 0 Å². The van der Waals surface area contributed by atoms with Crippen LogP contribution in [0.5, 0.6) is 0 Å². The van der Waals surface area contributed by atoms with Crippen molar-refractivity contribution in [3.63, 3.8) is 0 Å². The van der Waals surface area contributed by atoms with Gasteiger partial charge in [-0.2, -0.15) is 26.3 Å². The van der Waals surface area contributed by atoms with Crippen LogP contribution < -0.4 is 0 Å². The molecule has 0 aromatic rings. The summed E-state index contributed by atoms with van der Waals surface area (Å²) < 4.78 is 69.3. The monoisotopic (exact) mass is 236 g/mol. The molecule has 88 valence electrons. The molecule has 0 N–H and O–H groups in total. The molecule has 0 aliphatic rings. The summed E-state index contributed by atoms with van der Waals surface area (Å²) in [5.41, 5.74) is 0. The largest absolute Gasteiger partial charge is 0.450 e. The molecule has 0 atom stereocenters. The Labute approximate surface area is 80.2 Å². The van der Waals surface area contributed by atoms with Gasteiger partial charge in [0.25, 0.3) is 0 Å². The van der Waals surface area contributed by atoms with Gasteiger partial charge in [0.15, 0.2) is 0 Å². The summed E-state index contributed by atoms with van der Waals surface area (Å²) in [6, 6.07) is 0. The first-order valence-electron chi connectivity index (χ1n) is 3.71. The Morgan fingerprint density at radius 1 is 0.933 bits per heavy atom. The molecule has 0 saturated carbocycles. The summed E-state index contributed by atoms with van der Waals surface area (Å²) >= 11 is 0. The second-order valence-corrected chi connectivity index (χ2v) is 2.75. The van der Waals surface area contributed by atoms with Crippen molar-refractivity contribution in [2.75, 3.05) is 0 Å². The number of hydrogen-bond acceptors (Lipinski definition) is 2. The van der Waals surface area contributed by atoms with Crippen molar-refractivity contribution in [1.82, 2.24) is 0 Å². The highest BCUT2D eigenvalue weighted by Gasteiger charge is 2.39. The van der Waals surface area contributed by atoms with E-state index in [1.54, 1.807) is 0 Å². The fourth-order valence-electron chi connectivity index (χ4n) is 0.649. The summed E-state index contributed by atoms with van der Waals surface area (Å²) in [5.74, 6) is -3.69. The molecule has 0 bridgehead atoms. The van der Waals surface area contributed by atoms with Crippen LogP contribution >= 0.6 is 0 Å². The summed E-state index contributed by atoms with van der Waals surface area (Å²) in [5, 5.41) is 0. The molecular weight excluding hydrogens is 230 g/mol. The third-order valence-electron chi connectivity index (χ3n) is 1.36. The summed E-state index contributed by atoms with van der Waals surface area (Å²) in [4.78, 5) is 20.7. The Morgan fingerprint density at radius 2 is 1.40 bits per heavy atom. The van der Waals surface area contributed by atoms with E-state index >= 15 is 0 Å².